The first-order chi connectivity index (χ1) is 14.4. The zero-order valence-electron chi connectivity index (χ0n) is 18.3. The maximum atomic E-state index is 13.0. The Morgan fingerprint density at radius 3 is 2.39 bits per heavy atom. The number of likely N-dealkylation sites (N-methyl/N-ethyl adjacent to an activating group) is 1. The molecular formula is C23H27BrCl2N2O3. The van der Waals surface area contributed by atoms with Gasteiger partial charge in [0.05, 0.1) is 4.47 Å². The van der Waals surface area contributed by atoms with Crippen LogP contribution in [0.25, 0.3) is 0 Å². The molecule has 0 bridgehead atoms. The molecule has 0 saturated carbocycles. The van der Waals surface area contributed by atoms with Gasteiger partial charge in [-0.1, -0.05) is 56.1 Å². The van der Waals surface area contributed by atoms with Gasteiger partial charge in [0.15, 0.2) is 6.61 Å². The van der Waals surface area contributed by atoms with Gasteiger partial charge in [-0.3, -0.25) is 9.59 Å². The van der Waals surface area contributed by atoms with Crippen LogP contribution in [-0.4, -0.2) is 36.4 Å². The lowest BCUT2D eigenvalue weighted by Crippen LogP contribution is -2.48. The van der Waals surface area contributed by atoms with Crippen molar-refractivity contribution in [3.63, 3.8) is 0 Å². The topological polar surface area (TPSA) is 58.6 Å². The molecule has 1 N–H and O–H groups in total. The van der Waals surface area contributed by atoms with Gasteiger partial charge in [-0.25, -0.2) is 0 Å². The van der Waals surface area contributed by atoms with Crippen molar-refractivity contribution in [3.8, 4) is 5.75 Å². The summed E-state index contributed by atoms with van der Waals surface area (Å²) < 4.78 is 6.54. The molecule has 2 aromatic rings. The molecule has 31 heavy (non-hydrogen) atoms. The maximum Gasteiger partial charge on any atom is 0.261 e. The summed E-state index contributed by atoms with van der Waals surface area (Å²) in [6, 6.07) is 10.1. The summed E-state index contributed by atoms with van der Waals surface area (Å²) in [7, 11) is 1.53. The van der Waals surface area contributed by atoms with Crippen molar-refractivity contribution in [2.45, 2.75) is 45.7 Å². The van der Waals surface area contributed by atoms with E-state index >= 15 is 0 Å². The van der Waals surface area contributed by atoms with Crippen molar-refractivity contribution in [1.29, 1.82) is 0 Å². The Morgan fingerprint density at radius 1 is 1.16 bits per heavy atom. The molecular weight excluding hydrogens is 503 g/mol. The average Bonchev–Trinajstić information content (AvgIpc) is 2.70. The highest BCUT2D eigenvalue weighted by atomic mass is 79.9. The van der Waals surface area contributed by atoms with E-state index in [1.165, 1.54) is 11.9 Å². The van der Waals surface area contributed by atoms with Crippen LogP contribution < -0.4 is 10.1 Å². The van der Waals surface area contributed by atoms with Crippen LogP contribution in [0.1, 0.15) is 38.8 Å². The largest absolute Gasteiger partial charge is 0.483 e. The minimum absolute atomic E-state index is 0.00549. The zero-order chi connectivity index (χ0) is 23.3. The second-order valence-corrected chi connectivity index (χ2v) is 9.93. The third-order valence-electron chi connectivity index (χ3n) is 4.92. The molecule has 0 heterocycles. The first-order valence-electron chi connectivity index (χ1n) is 9.82. The van der Waals surface area contributed by atoms with E-state index < -0.39 is 6.04 Å². The molecule has 0 aromatic heterocycles. The molecule has 0 aliphatic heterocycles. The number of nitrogens with zero attached hydrogens (tertiary/aromatic N) is 1. The molecule has 0 aliphatic carbocycles. The molecule has 0 radical (unpaired) electrons. The van der Waals surface area contributed by atoms with Gasteiger partial charge in [-0.15, -0.1) is 0 Å². The van der Waals surface area contributed by atoms with Crippen LogP contribution in [-0.2, 0) is 21.5 Å². The normalized spacial score (nSPS) is 12.3. The summed E-state index contributed by atoms with van der Waals surface area (Å²) in [4.78, 5) is 26.7. The minimum Gasteiger partial charge on any atom is -0.483 e. The number of hydrogen-bond donors (Lipinski definition) is 1. The highest BCUT2D eigenvalue weighted by molar-refractivity contribution is 9.10. The molecule has 1 atom stereocenters. The minimum atomic E-state index is -0.709. The standard InChI is InChI=1S/C23H27BrCl2N2O3/c1-14(22(30)27-5)28(12-15-6-8-17(25)11-19(15)26)21(29)13-31-20-9-7-16(10-18(20)24)23(2,3)4/h6-11,14H,12-13H2,1-5H3,(H,27,30)/t14-/m1/s1. The Morgan fingerprint density at radius 2 is 1.84 bits per heavy atom. The Kier molecular flexibility index (Phi) is 8.81. The van der Waals surface area contributed by atoms with Crippen molar-refractivity contribution in [1.82, 2.24) is 10.2 Å². The van der Waals surface area contributed by atoms with E-state index in [9.17, 15) is 9.59 Å². The second kappa shape index (κ2) is 10.7. The SMILES string of the molecule is CNC(=O)[C@@H](C)N(Cc1ccc(Cl)cc1Cl)C(=O)COc1ccc(C(C)(C)C)cc1Br. The predicted octanol–water partition coefficient (Wildman–Crippen LogP) is 5.60. The maximum absolute atomic E-state index is 13.0. The van der Waals surface area contributed by atoms with Gasteiger partial charge in [-0.2, -0.15) is 0 Å². The summed E-state index contributed by atoms with van der Waals surface area (Å²) in [5.41, 5.74) is 1.82. The summed E-state index contributed by atoms with van der Waals surface area (Å²) in [6.07, 6.45) is 0. The predicted molar refractivity (Wildman–Crippen MR) is 129 cm³/mol. The molecule has 5 nitrogen and oxygen atoms in total. The number of rotatable bonds is 7. The van der Waals surface area contributed by atoms with E-state index in [0.29, 0.717) is 21.4 Å². The molecule has 0 fully saturated rings. The van der Waals surface area contributed by atoms with E-state index in [-0.39, 0.29) is 30.4 Å². The van der Waals surface area contributed by atoms with Crippen LogP contribution in [0, 0.1) is 0 Å². The monoisotopic (exact) mass is 528 g/mol. The van der Waals surface area contributed by atoms with E-state index in [0.717, 1.165) is 10.0 Å². The molecule has 2 amide bonds. The third kappa shape index (κ3) is 6.86. The summed E-state index contributed by atoms with van der Waals surface area (Å²) >= 11 is 15.8. The van der Waals surface area contributed by atoms with Gasteiger partial charge in [0, 0.05) is 23.6 Å². The van der Waals surface area contributed by atoms with Gasteiger partial charge in [0.1, 0.15) is 11.8 Å². The Bertz CT molecular complexity index is 960. The van der Waals surface area contributed by atoms with Crippen LogP contribution in [0.3, 0.4) is 0 Å². The highest BCUT2D eigenvalue weighted by Gasteiger charge is 2.27. The number of nitrogens with one attached hydrogen (secondary N) is 1. The fourth-order valence-corrected chi connectivity index (χ4v) is 3.89. The van der Waals surface area contributed by atoms with Crippen LogP contribution in [0.15, 0.2) is 40.9 Å². The van der Waals surface area contributed by atoms with E-state index in [1.54, 1.807) is 25.1 Å². The van der Waals surface area contributed by atoms with Crippen molar-refractivity contribution < 1.29 is 14.3 Å². The first-order valence-corrected chi connectivity index (χ1v) is 11.4. The molecule has 0 unspecified atom stereocenters. The second-order valence-electron chi connectivity index (χ2n) is 8.23. The first kappa shape index (κ1) is 25.5. The molecule has 0 aliphatic rings. The smallest absolute Gasteiger partial charge is 0.261 e. The van der Waals surface area contributed by atoms with Gasteiger partial charge >= 0.3 is 0 Å². The van der Waals surface area contributed by atoms with Gasteiger partial charge in [-0.05, 0) is 63.7 Å². The van der Waals surface area contributed by atoms with Gasteiger partial charge in [0.25, 0.3) is 5.91 Å². The van der Waals surface area contributed by atoms with Crippen molar-refractivity contribution >= 4 is 50.9 Å². The zero-order valence-corrected chi connectivity index (χ0v) is 21.4. The number of benzene rings is 2. The quantitative estimate of drug-likeness (QED) is 0.508. The Hall–Kier alpha value is -1.76. The van der Waals surface area contributed by atoms with Crippen LogP contribution in [0.5, 0.6) is 5.75 Å². The number of hydrogen-bond acceptors (Lipinski definition) is 3. The number of halogens is 3. The highest BCUT2D eigenvalue weighted by Crippen LogP contribution is 2.31. The van der Waals surface area contributed by atoms with E-state index in [4.69, 9.17) is 27.9 Å². The molecule has 0 saturated heterocycles. The van der Waals surface area contributed by atoms with Gasteiger partial charge < -0.3 is 15.0 Å². The molecule has 2 rings (SSSR count). The summed E-state index contributed by atoms with van der Waals surface area (Å²) in [6.45, 7) is 7.96. The molecule has 2 aromatic carbocycles. The summed E-state index contributed by atoms with van der Waals surface area (Å²) in [5, 5.41) is 3.50. The lowest BCUT2D eigenvalue weighted by Gasteiger charge is -2.28. The lowest BCUT2D eigenvalue weighted by atomic mass is 9.87. The summed E-state index contributed by atoms with van der Waals surface area (Å²) in [5.74, 6) is -0.0681. The molecule has 168 valence electrons. The van der Waals surface area contributed by atoms with Crippen molar-refractivity contribution in [2.75, 3.05) is 13.7 Å². The molecule has 8 heteroatoms. The fraction of sp³-hybridized carbons (Fsp3) is 0.391. The van der Waals surface area contributed by atoms with E-state index in [1.807, 2.05) is 18.2 Å². The van der Waals surface area contributed by atoms with Crippen molar-refractivity contribution in [3.05, 3.63) is 62.0 Å². The third-order valence-corrected chi connectivity index (χ3v) is 6.13. The lowest BCUT2D eigenvalue weighted by molar-refractivity contribution is -0.142. The average molecular weight is 530 g/mol. The fourth-order valence-electron chi connectivity index (χ4n) is 2.93. The van der Waals surface area contributed by atoms with Crippen LogP contribution >= 0.6 is 39.1 Å². The Balaban J connectivity index is 2.20. The Labute approximate surface area is 202 Å². The number of amides is 2. The van der Waals surface area contributed by atoms with Gasteiger partial charge in [0.2, 0.25) is 5.91 Å². The number of carbonyl (C=O) groups excluding carboxylic acids is 2. The van der Waals surface area contributed by atoms with Crippen LogP contribution in [0.2, 0.25) is 10.0 Å². The van der Waals surface area contributed by atoms with Crippen LogP contribution in [0.4, 0.5) is 0 Å². The van der Waals surface area contributed by atoms with Crippen molar-refractivity contribution in [2.24, 2.45) is 0 Å². The molecule has 0 spiro atoms. The number of carbonyl (C=O) groups is 2. The number of ether oxygens (including phenoxy) is 1. The van der Waals surface area contributed by atoms with E-state index in [2.05, 4.69) is 42.0 Å².